The number of rotatable bonds is 5. The average Bonchev–Trinajstić information content (AvgIpc) is 2.79. The largest absolute Gasteiger partial charge is 0.461 e. The molecule has 0 saturated heterocycles. The number of hydrogen-bond donors (Lipinski definition) is 1. The van der Waals surface area contributed by atoms with Crippen LogP contribution in [0.2, 0.25) is 0 Å². The maximum atomic E-state index is 11.9. The van der Waals surface area contributed by atoms with Crippen LogP contribution in [0.5, 0.6) is 0 Å². The molecule has 19 heavy (non-hydrogen) atoms. The predicted octanol–water partition coefficient (Wildman–Crippen LogP) is 2.21. The van der Waals surface area contributed by atoms with E-state index in [0.717, 1.165) is 11.3 Å². The fourth-order valence-corrected chi connectivity index (χ4v) is 1.83. The highest BCUT2D eigenvalue weighted by atomic mass is 16.5. The van der Waals surface area contributed by atoms with E-state index in [1.54, 1.807) is 23.9 Å². The quantitative estimate of drug-likeness (QED) is 0.836. The summed E-state index contributed by atoms with van der Waals surface area (Å²) in [6, 6.07) is 5.73. The summed E-state index contributed by atoms with van der Waals surface area (Å²) < 4.78 is 6.80. The topological polar surface area (TPSA) is 56.1 Å². The van der Waals surface area contributed by atoms with Gasteiger partial charge < -0.3 is 14.6 Å². The second kappa shape index (κ2) is 6.04. The first-order valence-corrected chi connectivity index (χ1v) is 6.17. The number of esters is 1. The Morgan fingerprint density at radius 2 is 2.32 bits per heavy atom. The minimum absolute atomic E-state index is 0.316. The molecule has 0 spiro atoms. The molecule has 2 aromatic rings. The molecule has 2 heterocycles. The van der Waals surface area contributed by atoms with Crippen LogP contribution in [0.25, 0.3) is 0 Å². The van der Waals surface area contributed by atoms with Gasteiger partial charge in [0.2, 0.25) is 0 Å². The summed E-state index contributed by atoms with van der Waals surface area (Å²) in [6.07, 6.45) is 5.36. The molecule has 5 nitrogen and oxygen atoms in total. The van der Waals surface area contributed by atoms with Crippen molar-refractivity contribution >= 4 is 11.7 Å². The zero-order valence-electron chi connectivity index (χ0n) is 11.1. The number of carbonyl (C=O) groups is 1. The molecule has 0 atom stereocenters. The number of ether oxygens (including phenoxy) is 1. The van der Waals surface area contributed by atoms with Crippen molar-refractivity contribution in [1.82, 2.24) is 9.55 Å². The summed E-state index contributed by atoms with van der Waals surface area (Å²) in [5.74, 6) is -0.316. The number of nitrogens with zero attached hydrogens (tertiary/aromatic N) is 2. The normalized spacial score (nSPS) is 10.2. The molecule has 0 aliphatic heterocycles. The number of aromatic nitrogens is 2. The molecule has 0 aromatic carbocycles. The molecule has 0 aliphatic rings. The molecule has 0 aliphatic carbocycles. The minimum Gasteiger partial charge on any atom is -0.461 e. The lowest BCUT2D eigenvalue weighted by Gasteiger charge is -2.09. The molecule has 0 radical (unpaired) electrons. The van der Waals surface area contributed by atoms with Gasteiger partial charge >= 0.3 is 5.97 Å². The number of hydrogen-bond acceptors (Lipinski definition) is 4. The van der Waals surface area contributed by atoms with Crippen molar-refractivity contribution in [3.05, 3.63) is 48.0 Å². The minimum atomic E-state index is -0.316. The third kappa shape index (κ3) is 3.13. The van der Waals surface area contributed by atoms with Crippen LogP contribution >= 0.6 is 0 Å². The molecule has 1 N–H and O–H groups in total. The van der Waals surface area contributed by atoms with E-state index in [9.17, 15) is 4.79 Å². The van der Waals surface area contributed by atoms with Crippen molar-refractivity contribution < 1.29 is 9.53 Å². The molecular formula is C14H17N3O2. The highest BCUT2D eigenvalue weighted by molar-refractivity contribution is 5.94. The Bertz CT molecular complexity index is 549. The smallest absolute Gasteiger partial charge is 0.357 e. The van der Waals surface area contributed by atoms with Crippen LogP contribution in [-0.4, -0.2) is 22.1 Å². The lowest BCUT2D eigenvalue weighted by atomic mass is 10.2. The van der Waals surface area contributed by atoms with Crippen molar-refractivity contribution in [2.24, 2.45) is 7.05 Å². The third-order valence-electron chi connectivity index (χ3n) is 2.75. The summed E-state index contributed by atoms with van der Waals surface area (Å²) in [4.78, 5) is 15.9. The third-order valence-corrected chi connectivity index (χ3v) is 2.75. The second-order valence-electron chi connectivity index (χ2n) is 4.12. The van der Waals surface area contributed by atoms with Crippen LogP contribution in [0, 0.1) is 0 Å². The van der Waals surface area contributed by atoms with Gasteiger partial charge in [0.05, 0.1) is 12.3 Å². The van der Waals surface area contributed by atoms with Gasteiger partial charge in [-0.3, -0.25) is 4.98 Å². The van der Waals surface area contributed by atoms with E-state index in [1.807, 2.05) is 31.4 Å². The van der Waals surface area contributed by atoms with E-state index in [-0.39, 0.29) is 5.97 Å². The van der Waals surface area contributed by atoms with Gasteiger partial charge in [-0.05, 0) is 24.6 Å². The van der Waals surface area contributed by atoms with Crippen molar-refractivity contribution in [2.45, 2.75) is 13.5 Å². The maximum Gasteiger partial charge on any atom is 0.357 e. The highest BCUT2D eigenvalue weighted by Gasteiger charge is 2.16. The predicted molar refractivity (Wildman–Crippen MR) is 72.9 cm³/mol. The number of nitrogens with one attached hydrogen (secondary N) is 1. The first-order valence-electron chi connectivity index (χ1n) is 6.17. The van der Waals surface area contributed by atoms with Crippen LogP contribution in [0.15, 0.2) is 36.8 Å². The fraction of sp³-hybridized carbons (Fsp3) is 0.286. The molecular weight excluding hydrogens is 242 g/mol. The van der Waals surface area contributed by atoms with E-state index in [0.29, 0.717) is 18.8 Å². The molecule has 0 saturated carbocycles. The van der Waals surface area contributed by atoms with Crippen LogP contribution in [0.3, 0.4) is 0 Å². The van der Waals surface area contributed by atoms with Crippen molar-refractivity contribution in [2.75, 3.05) is 11.9 Å². The monoisotopic (exact) mass is 259 g/mol. The fourth-order valence-electron chi connectivity index (χ4n) is 1.83. The van der Waals surface area contributed by atoms with Gasteiger partial charge in [0, 0.05) is 32.2 Å². The Hall–Kier alpha value is -2.30. The van der Waals surface area contributed by atoms with Crippen LogP contribution in [0.4, 0.5) is 5.69 Å². The van der Waals surface area contributed by atoms with E-state index in [1.165, 1.54) is 0 Å². The molecule has 0 unspecified atom stereocenters. The summed E-state index contributed by atoms with van der Waals surface area (Å²) in [7, 11) is 1.82. The number of pyridine rings is 1. The Morgan fingerprint density at radius 3 is 3.00 bits per heavy atom. The van der Waals surface area contributed by atoms with Gasteiger partial charge in [-0.15, -0.1) is 0 Å². The highest BCUT2D eigenvalue weighted by Crippen LogP contribution is 2.18. The SMILES string of the molecule is CCOC(=O)c1c(NCc2cccnc2)ccn1C. The Kier molecular flexibility index (Phi) is 4.18. The second-order valence-corrected chi connectivity index (χ2v) is 4.12. The van der Waals surface area contributed by atoms with Crippen molar-refractivity contribution in [3.8, 4) is 0 Å². The standard InChI is InChI=1S/C14H17N3O2/c1-3-19-14(18)13-12(6-8-17(13)2)16-10-11-5-4-7-15-9-11/h4-9,16H,3,10H2,1-2H3. The van der Waals surface area contributed by atoms with E-state index in [4.69, 9.17) is 4.74 Å². The van der Waals surface area contributed by atoms with Gasteiger partial charge in [0.15, 0.2) is 5.69 Å². The summed E-state index contributed by atoms with van der Waals surface area (Å²) in [5.41, 5.74) is 2.36. The Morgan fingerprint density at radius 1 is 1.47 bits per heavy atom. The molecule has 0 fully saturated rings. The number of aryl methyl sites for hydroxylation is 1. The van der Waals surface area contributed by atoms with Gasteiger partial charge in [-0.25, -0.2) is 4.79 Å². The first-order chi connectivity index (χ1) is 9.22. The summed E-state index contributed by atoms with van der Waals surface area (Å²) >= 11 is 0. The van der Waals surface area contributed by atoms with Gasteiger partial charge in [0.25, 0.3) is 0 Å². The van der Waals surface area contributed by atoms with Crippen molar-refractivity contribution in [3.63, 3.8) is 0 Å². The summed E-state index contributed by atoms with van der Waals surface area (Å²) in [5, 5.41) is 3.23. The van der Waals surface area contributed by atoms with E-state index < -0.39 is 0 Å². The lowest BCUT2D eigenvalue weighted by molar-refractivity contribution is 0.0516. The van der Waals surface area contributed by atoms with Gasteiger partial charge in [-0.2, -0.15) is 0 Å². The first kappa shape index (κ1) is 13.1. The Balaban J connectivity index is 2.11. The van der Waals surface area contributed by atoms with Crippen LogP contribution in [0.1, 0.15) is 23.0 Å². The molecule has 100 valence electrons. The molecule has 2 aromatic heterocycles. The molecule has 0 bridgehead atoms. The van der Waals surface area contributed by atoms with Crippen LogP contribution < -0.4 is 5.32 Å². The van der Waals surface area contributed by atoms with Gasteiger partial charge in [-0.1, -0.05) is 6.07 Å². The zero-order valence-corrected chi connectivity index (χ0v) is 11.1. The number of carbonyl (C=O) groups excluding carboxylic acids is 1. The van der Waals surface area contributed by atoms with E-state index >= 15 is 0 Å². The molecule has 2 rings (SSSR count). The molecule has 0 amide bonds. The number of anilines is 1. The van der Waals surface area contributed by atoms with Gasteiger partial charge in [0.1, 0.15) is 0 Å². The maximum absolute atomic E-state index is 11.9. The van der Waals surface area contributed by atoms with Crippen molar-refractivity contribution in [1.29, 1.82) is 0 Å². The zero-order chi connectivity index (χ0) is 13.7. The average molecular weight is 259 g/mol. The lowest BCUT2D eigenvalue weighted by Crippen LogP contribution is -2.12. The van der Waals surface area contributed by atoms with Crippen LogP contribution in [-0.2, 0) is 18.3 Å². The molecule has 5 heteroatoms. The van der Waals surface area contributed by atoms with E-state index in [2.05, 4.69) is 10.3 Å². The summed E-state index contributed by atoms with van der Waals surface area (Å²) in [6.45, 7) is 2.78. The Labute approximate surface area is 112 Å².